The lowest BCUT2D eigenvalue weighted by molar-refractivity contribution is -0.127. The first kappa shape index (κ1) is 24.7. The molecule has 35 heavy (non-hydrogen) atoms. The van der Waals surface area contributed by atoms with E-state index in [9.17, 15) is 14.4 Å². The lowest BCUT2D eigenvalue weighted by atomic mass is 10.2. The van der Waals surface area contributed by atoms with Crippen LogP contribution < -0.4 is 14.8 Å². The number of pyridine rings is 1. The van der Waals surface area contributed by atoms with Crippen molar-refractivity contribution < 1.29 is 23.9 Å². The highest BCUT2D eigenvalue weighted by Crippen LogP contribution is 2.37. The second-order valence-electron chi connectivity index (χ2n) is 7.33. The van der Waals surface area contributed by atoms with Crippen LogP contribution in [0.5, 0.6) is 11.5 Å². The Bertz CT molecular complexity index is 1290. The summed E-state index contributed by atoms with van der Waals surface area (Å²) in [5.74, 6) is 0.0696. The molecule has 3 aromatic rings. The van der Waals surface area contributed by atoms with Crippen molar-refractivity contribution in [2.45, 2.75) is 6.61 Å². The number of rotatable bonds is 8. The number of methoxy groups -OCH3 is 1. The molecule has 2 heterocycles. The van der Waals surface area contributed by atoms with Crippen LogP contribution in [-0.2, 0) is 16.2 Å². The number of thioether (sulfide) groups is 1. The van der Waals surface area contributed by atoms with Crippen LogP contribution in [0, 0.1) is 3.57 Å². The third-order valence-electron chi connectivity index (χ3n) is 4.87. The van der Waals surface area contributed by atoms with Gasteiger partial charge >= 0.3 is 0 Å². The standard InChI is InChI=1S/C25H20IN3O5S/c1-33-20-12-16(11-19(26)23(20)34-15-18-9-5-6-10-27-18)13-21-24(31)29(25(32)35-21)14-22(30)28-17-7-3-2-4-8-17/h2-13H,14-15H2,1H3,(H,28,30)/b21-13-. The fraction of sp³-hybridized carbons (Fsp3) is 0.120. The Kier molecular flexibility index (Phi) is 8.03. The molecule has 0 saturated carbocycles. The fourth-order valence-corrected chi connectivity index (χ4v) is 4.87. The van der Waals surface area contributed by atoms with Gasteiger partial charge in [0.15, 0.2) is 11.5 Å². The third-order valence-corrected chi connectivity index (χ3v) is 6.58. The maximum Gasteiger partial charge on any atom is 0.294 e. The minimum absolute atomic E-state index is 0.225. The number of carbonyl (C=O) groups excluding carboxylic acids is 3. The van der Waals surface area contributed by atoms with Gasteiger partial charge < -0.3 is 14.8 Å². The molecule has 0 atom stereocenters. The average molecular weight is 601 g/mol. The minimum atomic E-state index is -0.521. The summed E-state index contributed by atoms with van der Waals surface area (Å²) in [6.07, 6.45) is 3.30. The zero-order chi connectivity index (χ0) is 24.8. The molecule has 178 valence electrons. The van der Waals surface area contributed by atoms with Crippen LogP contribution in [0.25, 0.3) is 6.08 Å². The quantitative estimate of drug-likeness (QED) is 0.288. The lowest BCUT2D eigenvalue weighted by Gasteiger charge is -2.14. The first-order chi connectivity index (χ1) is 16.9. The Balaban J connectivity index is 1.47. The van der Waals surface area contributed by atoms with Gasteiger partial charge in [-0.3, -0.25) is 24.3 Å². The molecule has 2 aromatic carbocycles. The number of imide groups is 1. The molecule has 1 N–H and O–H groups in total. The number of halogens is 1. The molecule has 0 bridgehead atoms. The largest absolute Gasteiger partial charge is 0.493 e. The van der Waals surface area contributed by atoms with E-state index >= 15 is 0 Å². The molecular formula is C25H20IN3O5S. The Morgan fingerprint density at radius 2 is 1.91 bits per heavy atom. The van der Waals surface area contributed by atoms with Crippen molar-refractivity contribution in [1.29, 1.82) is 0 Å². The number of carbonyl (C=O) groups is 3. The first-order valence-electron chi connectivity index (χ1n) is 10.4. The van der Waals surface area contributed by atoms with Gasteiger partial charge in [0.05, 0.1) is 21.3 Å². The van der Waals surface area contributed by atoms with Gasteiger partial charge in [-0.15, -0.1) is 0 Å². The maximum atomic E-state index is 12.8. The third kappa shape index (κ3) is 6.20. The molecule has 0 unspecified atom stereocenters. The summed E-state index contributed by atoms with van der Waals surface area (Å²) in [5.41, 5.74) is 2.03. The number of nitrogens with zero attached hydrogens (tertiary/aromatic N) is 2. The van der Waals surface area contributed by atoms with Gasteiger partial charge in [0.2, 0.25) is 5.91 Å². The summed E-state index contributed by atoms with van der Waals surface area (Å²) in [5, 5.41) is 2.18. The summed E-state index contributed by atoms with van der Waals surface area (Å²) in [7, 11) is 1.53. The van der Waals surface area contributed by atoms with Crippen molar-refractivity contribution in [3.8, 4) is 11.5 Å². The molecule has 4 rings (SSSR count). The summed E-state index contributed by atoms with van der Waals surface area (Å²) >= 11 is 2.92. The van der Waals surface area contributed by atoms with E-state index in [1.165, 1.54) is 7.11 Å². The number of aromatic nitrogens is 1. The summed E-state index contributed by atoms with van der Waals surface area (Å²) in [4.78, 5) is 43.0. The molecular weight excluding hydrogens is 581 g/mol. The summed E-state index contributed by atoms with van der Waals surface area (Å²) in [6, 6.07) is 18.0. The van der Waals surface area contributed by atoms with Gasteiger partial charge in [0.25, 0.3) is 11.1 Å². The van der Waals surface area contributed by atoms with E-state index in [0.717, 1.165) is 25.9 Å². The molecule has 1 aliphatic heterocycles. The van der Waals surface area contributed by atoms with Crippen LogP contribution in [0.2, 0.25) is 0 Å². The molecule has 1 aliphatic rings. The van der Waals surface area contributed by atoms with E-state index < -0.39 is 17.1 Å². The highest BCUT2D eigenvalue weighted by molar-refractivity contribution is 14.1. The Morgan fingerprint density at radius 3 is 2.63 bits per heavy atom. The normalized spacial score (nSPS) is 14.3. The predicted molar refractivity (Wildman–Crippen MR) is 142 cm³/mol. The van der Waals surface area contributed by atoms with Crippen LogP contribution in [-0.4, -0.2) is 40.6 Å². The smallest absolute Gasteiger partial charge is 0.294 e. The van der Waals surface area contributed by atoms with Gasteiger partial charge in [-0.2, -0.15) is 0 Å². The van der Waals surface area contributed by atoms with Crippen LogP contribution in [0.1, 0.15) is 11.3 Å². The van der Waals surface area contributed by atoms with E-state index in [4.69, 9.17) is 9.47 Å². The van der Waals surface area contributed by atoms with Gasteiger partial charge in [0, 0.05) is 11.9 Å². The number of hydrogen-bond acceptors (Lipinski definition) is 7. The number of hydrogen-bond donors (Lipinski definition) is 1. The van der Waals surface area contributed by atoms with Crippen LogP contribution in [0.3, 0.4) is 0 Å². The topological polar surface area (TPSA) is 97.8 Å². The molecule has 1 saturated heterocycles. The number of para-hydroxylation sites is 1. The molecule has 0 radical (unpaired) electrons. The van der Waals surface area contributed by atoms with E-state index in [0.29, 0.717) is 22.7 Å². The highest BCUT2D eigenvalue weighted by atomic mass is 127. The molecule has 0 aliphatic carbocycles. The average Bonchev–Trinajstić information content (AvgIpc) is 3.11. The van der Waals surface area contributed by atoms with Gasteiger partial charge in [-0.05, 0) is 82.4 Å². The van der Waals surface area contributed by atoms with E-state index in [1.54, 1.807) is 42.6 Å². The van der Waals surface area contributed by atoms with E-state index in [-0.39, 0.29) is 18.1 Å². The van der Waals surface area contributed by atoms with Crippen molar-refractivity contribution in [1.82, 2.24) is 9.88 Å². The van der Waals surface area contributed by atoms with Crippen molar-refractivity contribution in [2.75, 3.05) is 19.0 Å². The molecule has 8 nitrogen and oxygen atoms in total. The number of benzene rings is 2. The van der Waals surface area contributed by atoms with Crippen LogP contribution in [0.15, 0.2) is 71.8 Å². The van der Waals surface area contributed by atoms with Crippen molar-refractivity contribution in [3.05, 3.63) is 86.6 Å². The van der Waals surface area contributed by atoms with Crippen LogP contribution >= 0.6 is 34.4 Å². The highest BCUT2D eigenvalue weighted by Gasteiger charge is 2.36. The minimum Gasteiger partial charge on any atom is -0.493 e. The van der Waals surface area contributed by atoms with E-state index in [2.05, 4.69) is 32.9 Å². The Morgan fingerprint density at radius 1 is 1.14 bits per heavy atom. The zero-order valence-electron chi connectivity index (χ0n) is 18.6. The Labute approximate surface area is 219 Å². The molecule has 1 aromatic heterocycles. The van der Waals surface area contributed by atoms with Gasteiger partial charge in [0.1, 0.15) is 13.2 Å². The monoisotopic (exact) mass is 601 g/mol. The summed E-state index contributed by atoms with van der Waals surface area (Å²) in [6.45, 7) is -0.0888. The number of amides is 3. The van der Waals surface area contributed by atoms with Gasteiger partial charge in [-0.25, -0.2) is 0 Å². The SMILES string of the molecule is COc1cc(/C=C2\SC(=O)N(CC(=O)Nc3ccccc3)C2=O)cc(I)c1OCc1ccccn1. The van der Waals surface area contributed by atoms with Crippen molar-refractivity contribution in [3.63, 3.8) is 0 Å². The first-order valence-corrected chi connectivity index (χ1v) is 12.3. The van der Waals surface area contributed by atoms with Crippen molar-refractivity contribution >= 4 is 63.2 Å². The molecule has 3 amide bonds. The lowest BCUT2D eigenvalue weighted by Crippen LogP contribution is -2.36. The van der Waals surface area contributed by atoms with E-state index in [1.807, 2.05) is 30.3 Å². The number of nitrogens with one attached hydrogen (secondary N) is 1. The fourth-order valence-electron chi connectivity index (χ4n) is 3.25. The molecule has 0 spiro atoms. The molecule has 1 fully saturated rings. The zero-order valence-corrected chi connectivity index (χ0v) is 21.5. The van der Waals surface area contributed by atoms with Crippen molar-refractivity contribution in [2.24, 2.45) is 0 Å². The van der Waals surface area contributed by atoms with Gasteiger partial charge in [-0.1, -0.05) is 24.3 Å². The Hall–Kier alpha value is -3.38. The predicted octanol–water partition coefficient (Wildman–Crippen LogP) is 4.95. The second kappa shape index (κ2) is 11.4. The number of ether oxygens (including phenoxy) is 2. The maximum absolute atomic E-state index is 12.8. The molecule has 10 heteroatoms. The summed E-state index contributed by atoms with van der Waals surface area (Å²) < 4.78 is 12.2. The number of anilines is 1. The second-order valence-corrected chi connectivity index (χ2v) is 9.48. The van der Waals surface area contributed by atoms with Crippen LogP contribution in [0.4, 0.5) is 10.5 Å².